The third-order valence-electron chi connectivity index (χ3n) is 3.00. The van der Waals surface area contributed by atoms with Gasteiger partial charge < -0.3 is 20.1 Å². The number of methoxy groups -OCH3 is 1. The van der Waals surface area contributed by atoms with Crippen LogP contribution in [0, 0.1) is 0 Å². The second kappa shape index (κ2) is 5.58. The summed E-state index contributed by atoms with van der Waals surface area (Å²) in [6.45, 7) is 3.92. The van der Waals surface area contributed by atoms with E-state index in [9.17, 15) is 4.79 Å². The molecule has 18 heavy (non-hydrogen) atoms. The van der Waals surface area contributed by atoms with Crippen molar-refractivity contribution in [2.45, 2.75) is 19.4 Å². The first-order valence-electron chi connectivity index (χ1n) is 5.99. The number of rotatable bonds is 4. The molecular weight excluding hydrogens is 252 g/mol. The van der Waals surface area contributed by atoms with Gasteiger partial charge in [0, 0.05) is 20.2 Å². The van der Waals surface area contributed by atoms with E-state index in [-0.39, 0.29) is 12.1 Å². The van der Waals surface area contributed by atoms with E-state index in [1.807, 2.05) is 6.07 Å². The summed E-state index contributed by atoms with van der Waals surface area (Å²) >= 11 is 1.39. The molecular formula is C12H18N2O3S. The Kier molecular flexibility index (Phi) is 4.08. The number of anilines is 2. The summed E-state index contributed by atoms with van der Waals surface area (Å²) in [6.07, 6.45) is 1.27. The summed E-state index contributed by atoms with van der Waals surface area (Å²) in [4.78, 5) is 14.4. The smallest absolute Gasteiger partial charge is 0.350 e. The Morgan fingerprint density at radius 2 is 2.44 bits per heavy atom. The molecule has 0 radical (unpaired) electrons. The van der Waals surface area contributed by atoms with Gasteiger partial charge in [-0.3, -0.25) is 0 Å². The van der Waals surface area contributed by atoms with Gasteiger partial charge in [0.05, 0.1) is 23.4 Å². The monoisotopic (exact) mass is 270 g/mol. The molecule has 1 aliphatic rings. The van der Waals surface area contributed by atoms with Crippen LogP contribution >= 0.6 is 11.3 Å². The summed E-state index contributed by atoms with van der Waals surface area (Å²) in [5, 5.41) is 1.01. The molecule has 6 heteroatoms. The van der Waals surface area contributed by atoms with E-state index in [1.54, 1.807) is 14.0 Å². The van der Waals surface area contributed by atoms with E-state index in [0.717, 1.165) is 24.5 Å². The molecule has 2 rings (SSSR count). The molecule has 0 bridgehead atoms. The lowest BCUT2D eigenvalue weighted by molar-refractivity contribution is 0.0533. The molecule has 1 unspecified atom stereocenters. The van der Waals surface area contributed by atoms with Gasteiger partial charge in [0.15, 0.2) is 0 Å². The van der Waals surface area contributed by atoms with Crippen molar-refractivity contribution in [2.75, 3.05) is 37.4 Å². The minimum atomic E-state index is -0.339. The molecule has 1 aromatic heterocycles. The fourth-order valence-electron chi connectivity index (χ4n) is 2.02. The number of esters is 1. The van der Waals surface area contributed by atoms with Gasteiger partial charge in [-0.15, -0.1) is 11.3 Å². The second-order valence-electron chi connectivity index (χ2n) is 4.18. The van der Waals surface area contributed by atoms with Gasteiger partial charge in [0.1, 0.15) is 4.88 Å². The van der Waals surface area contributed by atoms with Crippen molar-refractivity contribution in [1.82, 2.24) is 0 Å². The van der Waals surface area contributed by atoms with E-state index in [1.165, 1.54) is 11.3 Å². The maximum absolute atomic E-state index is 11.7. The zero-order chi connectivity index (χ0) is 13.1. The van der Waals surface area contributed by atoms with Crippen LogP contribution in [0.5, 0.6) is 0 Å². The molecule has 0 amide bonds. The van der Waals surface area contributed by atoms with Crippen LogP contribution in [0.4, 0.5) is 10.7 Å². The zero-order valence-corrected chi connectivity index (χ0v) is 11.5. The van der Waals surface area contributed by atoms with Crippen molar-refractivity contribution in [3.05, 3.63) is 10.9 Å². The average Bonchev–Trinajstić information content (AvgIpc) is 2.95. The first-order valence-corrected chi connectivity index (χ1v) is 6.81. The highest BCUT2D eigenvalue weighted by molar-refractivity contribution is 7.18. The fraction of sp³-hybridized carbons (Fsp3) is 0.583. The SMILES string of the molecule is CCOC(=O)c1sc(N2CCC(OC)C2)cc1N. The van der Waals surface area contributed by atoms with Crippen molar-refractivity contribution in [3.8, 4) is 0 Å². The number of nitrogens with zero attached hydrogens (tertiary/aromatic N) is 1. The van der Waals surface area contributed by atoms with Crippen molar-refractivity contribution < 1.29 is 14.3 Å². The fourth-order valence-corrected chi connectivity index (χ4v) is 3.03. The van der Waals surface area contributed by atoms with E-state index in [0.29, 0.717) is 17.2 Å². The van der Waals surface area contributed by atoms with E-state index >= 15 is 0 Å². The molecule has 1 atom stereocenters. The van der Waals surface area contributed by atoms with Crippen LogP contribution in [0.3, 0.4) is 0 Å². The van der Waals surface area contributed by atoms with Gasteiger partial charge in [0.2, 0.25) is 0 Å². The number of nitrogen functional groups attached to an aromatic ring is 1. The maximum Gasteiger partial charge on any atom is 0.350 e. The van der Waals surface area contributed by atoms with Crippen molar-refractivity contribution in [3.63, 3.8) is 0 Å². The Hall–Kier alpha value is -1.27. The standard InChI is InChI=1S/C12H18N2O3S/c1-3-17-12(15)11-9(13)6-10(18-11)14-5-4-8(7-14)16-2/h6,8H,3-5,7,13H2,1-2H3. The Morgan fingerprint density at radius 1 is 1.67 bits per heavy atom. The molecule has 2 N–H and O–H groups in total. The van der Waals surface area contributed by atoms with Gasteiger partial charge in [0.25, 0.3) is 0 Å². The zero-order valence-electron chi connectivity index (χ0n) is 10.6. The van der Waals surface area contributed by atoms with Crippen molar-refractivity contribution in [1.29, 1.82) is 0 Å². The molecule has 1 fully saturated rings. The van der Waals surface area contributed by atoms with Crippen LogP contribution in [0.15, 0.2) is 6.07 Å². The van der Waals surface area contributed by atoms with Crippen molar-refractivity contribution in [2.24, 2.45) is 0 Å². The normalized spacial score (nSPS) is 19.2. The number of thiophene rings is 1. The summed E-state index contributed by atoms with van der Waals surface area (Å²) in [5.74, 6) is -0.339. The predicted molar refractivity (Wildman–Crippen MR) is 72.3 cm³/mol. The molecule has 0 aliphatic carbocycles. The lowest BCUT2D eigenvalue weighted by Crippen LogP contribution is -2.21. The minimum Gasteiger partial charge on any atom is -0.462 e. The van der Waals surface area contributed by atoms with Gasteiger partial charge in [-0.25, -0.2) is 4.79 Å². The summed E-state index contributed by atoms with van der Waals surface area (Å²) in [5.41, 5.74) is 6.35. The number of nitrogens with two attached hydrogens (primary N) is 1. The third kappa shape index (κ3) is 2.59. The lowest BCUT2D eigenvalue weighted by atomic mass is 10.3. The first kappa shape index (κ1) is 13.2. The van der Waals surface area contributed by atoms with Gasteiger partial charge in [-0.2, -0.15) is 0 Å². The van der Waals surface area contributed by atoms with Crippen molar-refractivity contribution >= 4 is 28.0 Å². The molecule has 0 saturated carbocycles. The Morgan fingerprint density at radius 3 is 3.06 bits per heavy atom. The number of hydrogen-bond acceptors (Lipinski definition) is 6. The second-order valence-corrected chi connectivity index (χ2v) is 5.21. The largest absolute Gasteiger partial charge is 0.462 e. The Bertz CT molecular complexity index is 433. The molecule has 1 aromatic rings. The molecule has 1 saturated heterocycles. The van der Waals surface area contributed by atoms with Gasteiger partial charge in [-0.1, -0.05) is 0 Å². The number of carbonyl (C=O) groups is 1. The van der Waals surface area contributed by atoms with Crippen LogP contribution in [-0.2, 0) is 9.47 Å². The molecule has 2 heterocycles. The van der Waals surface area contributed by atoms with E-state index < -0.39 is 0 Å². The average molecular weight is 270 g/mol. The maximum atomic E-state index is 11.7. The molecule has 5 nitrogen and oxygen atoms in total. The van der Waals surface area contributed by atoms with Crippen LogP contribution in [0.1, 0.15) is 23.0 Å². The minimum absolute atomic E-state index is 0.263. The highest BCUT2D eigenvalue weighted by Gasteiger charge is 2.25. The number of ether oxygens (including phenoxy) is 2. The molecule has 0 spiro atoms. The van der Waals surface area contributed by atoms with Gasteiger partial charge in [-0.05, 0) is 19.4 Å². The van der Waals surface area contributed by atoms with E-state index in [4.69, 9.17) is 15.2 Å². The summed E-state index contributed by atoms with van der Waals surface area (Å²) < 4.78 is 10.3. The Labute approximate surface area is 110 Å². The highest BCUT2D eigenvalue weighted by Crippen LogP contribution is 2.34. The number of hydrogen-bond donors (Lipinski definition) is 1. The number of carbonyl (C=O) groups excluding carboxylic acids is 1. The molecule has 0 aromatic carbocycles. The van der Waals surface area contributed by atoms with Crippen LogP contribution in [0.25, 0.3) is 0 Å². The van der Waals surface area contributed by atoms with Crippen LogP contribution in [-0.4, -0.2) is 38.9 Å². The Balaban J connectivity index is 2.11. The highest BCUT2D eigenvalue weighted by atomic mass is 32.1. The molecule has 1 aliphatic heterocycles. The molecule has 100 valence electrons. The van der Waals surface area contributed by atoms with E-state index in [2.05, 4.69) is 4.90 Å². The van der Waals surface area contributed by atoms with Gasteiger partial charge >= 0.3 is 5.97 Å². The van der Waals surface area contributed by atoms with Crippen LogP contribution in [0.2, 0.25) is 0 Å². The lowest BCUT2D eigenvalue weighted by Gasteiger charge is -2.15. The first-order chi connectivity index (χ1) is 8.65. The summed E-state index contributed by atoms with van der Waals surface area (Å²) in [6, 6.07) is 1.84. The predicted octanol–water partition coefficient (Wildman–Crippen LogP) is 1.73. The topological polar surface area (TPSA) is 64.8 Å². The quantitative estimate of drug-likeness (QED) is 0.844. The third-order valence-corrected chi connectivity index (χ3v) is 4.19. The summed E-state index contributed by atoms with van der Waals surface area (Å²) in [7, 11) is 1.72. The van der Waals surface area contributed by atoms with Crippen LogP contribution < -0.4 is 10.6 Å².